The topological polar surface area (TPSA) is 110 Å². The smallest absolute Gasteiger partial charge is 0.316 e. The highest BCUT2D eigenvalue weighted by Crippen LogP contribution is 2.28. The molecule has 4 N–H and O–H groups in total. The van der Waals surface area contributed by atoms with Crippen LogP contribution in [0, 0.1) is 0 Å². The van der Waals surface area contributed by atoms with Crippen molar-refractivity contribution < 1.29 is 14.0 Å². The number of urea groups is 1. The Morgan fingerprint density at radius 3 is 2.57 bits per heavy atom. The summed E-state index contributed by atoms with van der Waals surface area (Å²) in [5.74, 6) is 0.939. The molecular weight excluding hydrogens is 380 g/mol. The summed E-state index contributed by atoms with van der Waals surface area (Å²) in [6.45, 7) is 0.381. The lowest BCUT2D eigenvalue weighted by Crippen LogP contribution is -2.23. The molecule has 7 nitrogen and oxygen atoms in total. The van der Waals surface area contributed by atoms with E-state index in [0.29, 0.717) is 35.3 Å². The third-order valence-corrected chi connectivity index (χ3v) is 4.30. The molecule has 28 heavy (non-hydrogen) atoms. The van der Waals surface area contributed by atoms with Crippen LogP contribution < -0.4 is 16.4 Å². The molecule has 0 unspecified atom stereocenters. The van der Waals surface area contributed by atoms with E-state index >= 15 is 0 Å². The summed E-state index contributed by atoms with van der Waals surface area (Å²) in [5.41, 5.74) is 7.32. The Morgan fingerprint density at radius 1 is 1.11 bits per heavy atom. The first-order valence-electron chi connectivity index (χ1n) is 8.63. The fraction of sp³-hybridized carbons (Fsp3) is 0.150. The molecule has 0 saturated heterocycles. The van der Waals surface area contributed by atoms with Gasteiger partial charge in [-0.15, -0.1) is 0 Å². The number of halogens is 1. The van der Waals surface area contributed by atoms with Crippen LogP contribution in [0.1, 0.15) is 17.9 Å². The van der Waals surface area contributed by atoms with Crippen molar-refractivity contribution in [2.45, 2.75) is 19.4 Å². The second-order valence-corrected chi connectivity index (χ2v) is 6.47. The second-order valence-electron chi connectivity index (χ2n) is 6.06. The maximum atomic E-state index is 12.1. The van der Waals surface area contributed by atoms with Gasteiger partial charge in [0.2, 0.25) is 5.91 Å². The van der Waals surface area contributed by atoms with Gasteiger partial charge in [-0.25, -0.2) is 9.78 Å². The Kier molecular flexibility index (Phi) is 6.29. The Labute approximate surface area is 166 Å². The lowest BCUT2D eigenvalue weighted by Gasteiger charge is -2.06. The number of hydrogen-bond acceptors (Lipinski definition) is 4. The molecule has 0 fully saturated rings. The fourth-order valence-corrected chi connectivity index (χ4v) is 2.80. The van der Waals surface area contributed by atoms with Gasteiger partial charge in [-0.1, -0.05) is 35.9 Å². The first-order valence-corrected chi connectivity index (χ1v) is 9.01. The van der Waals surface area contributed by atoms with Gasteiger partial charge in [-0.2, -0.15) is 0 Å². The van der Waals surface area contributed by atoms with Gasteiger partial charge in [-0.05, 0) is 29.8 Å². The summed E-state index contributed by atoms with van der Waals surface area (Å²) in [4.78, 5) is 27.1. The third kappa shape index (κ3) is 5.34. The molecule has 0 atom stereocenters. The van der Waals surface area contributed by atoms with Crippen molar-refractivity contribution in [3.05, 3.63) is 71.2 Å². The average molecular weight is 399 g/mol. The van der Waals surface area contributed by atoms with Crippen LogP contribution in [0.2, 0.25) is 5.02 Å². The molecule has 3 rings (SSSR count). The number of aromatic nitrogens is 1. The van der Waals surface area contributed by atoms with E-state index in [-0.39, 0.29) is 12.3 Å². The minimum absolute atomic E-state index is 0.114. The van der Waals surface area contributed by atoms with Crippen LogP contribution in [-0.4, -0.2) is 16.9 Å². The molecule has 2 aromatic carbocycles. The molecule has 1 aromatic heterocycles. The number of carbonyl (C=O) groups is 2. The summed E-state index contributed by atoms with van der Waals surface area (Å²) in [6.07, 6.45) is 2.25. The molecule has 0 aliphatic carbocycles. The highest BCUT2D eigenvalue weighted by Gasteiger charge is 2.11. The number of anilines is 1. The lowest BCUT2D eigenvalue weighted by molar-refractivity contribution is -0.121. The fourth-order valence-electron chi connectivity index (χ4n) is 2.57. The molecule has 0 bridgehead atoms. The van der Waals surface area contributed by atoms with Crippen molar-refractivity contribution in [2.24, 2.45) is 5.73 Å². The molecule has 1 heterocycles. The van der Waals surface area contributed by atoms with E-state index in [1.54, 1.807) is 36.5 Å². The number of benzene rings is 2. The zero-order chi connectivity index (χ0) is 19.9. The molecule has 0 saturated carbocycles. The first kappa shape index (κ1) is 19.4. The van der Waals surface area contributed by atoms with Crippen LogP contribution in [0.5, 0.6) is 0 Å². The van der Waals surface area contributed by atoms with Gasteiger partial charge in [0.15, 0.2) is 11.7 Å². The Hall–Kier alpha value is -3.32. The van der Waals surface area contributed by atoms with E-state index in [1.165, 1.54) is 0 Å². The molecule has 0 spiro atoms. The van der Waals surface area contributed by atoms with Crippen LogP contribution in [0.4, 0.5) is 10.5 Å². The summed E-state index contributed by atoms with van der Waals surface area (Å²) in [5, 5.41) is 5.90. The predicted molar refractivity (Wildman–Crippen MR) is 107 cm³/mol. The third-order valence-electron chi connectivity index (χ3n) is 3.97. The molecule has 0 radical (unpaired) electrons. The maximum Gasteiger partial charge on any atom is 0.316 e. The summed E-state index contributed by atoms with van der Waals surface area (Å²) in [7, 11) is 0. The van der Waals surface area contributed by atoms with E-state index in [4.69, 9.17) is 21.8 Å². The van der Waals surface area contributed by atoms with Crippen molar-refractivity contribution in [2.75, 3.05) is 5.32 Å². The minimum Gasteiger partial charge on any atom is -0.441 e. The average Bonchev–Trinajstić information content (AvgIpc) is 3.14. The number of nitrogens with one attached hydrogen (secondary N) is 2. The molecule has 0 aliphatic heterocycles. The van der Waals surface area contributed by atoms with Gasteiger partial charge in [0.25, 0.3) is 0 Å². The summed E-state index contributed by atoms with van der Waals surface area (Å²) < 4.78 is 5.69. The summed E-state index contributed by atoms with van der Waals surface area (Å²) in [6, 6.07) is 13.8. The summed E-state index contributed by atoms with van der Waals surface area (Å²) >= 11 is 6.15. The van der Waals surface area contributed by atoms with Crippen molar-refractivity contribution in [3.63, 3.8) is 0 Å². The van der Waals surface area contributed by atoms with Crippen molar-refractivity contribution in [3.8, 4) is 11.3 Å². The number of primary amides is 1. The normalized spacial score (nSPS) is 10.5. The maximum absolute atomic E-state index is 12.1. The number of amides is 3. The van der Waals surface area contributed by atoms with Gasteiger partial charge in [0, 0.05) is 30.6 Å². The number of aryl methyl sites for hydroxylation is 1. The zero-order valence-electron chi connectivity index (χ0n) is 14.9. The zero-order valence-corrected chi connectivity index (χ0v) is 15.7. The van der Waals surface area contributed by atoms with Gasteiger partial charge in [-0.3, -0.25) is 4.79 Å². The van der Waals surface area contributed by atoms with Crippen LogP contribution >= 0.6 is 11.6 Å². The number of nitrogens with two attached hydrogens (primary N) is 1. The van der Waals surface area contributed by atoms with Gasteiger partial charge < -0.3 is 20.8 Å². The Bertz CT molecular complexity index is 970. The van der Waals surface area contributed by atoms with Crippen LogP contribution in [-0.2, 0) is 17.8 Å². The van der Waals surface area contributed by atoms with E-state index < -0.39 is 6.03 Å². The molecule has 8 heteroatoms. The van der Waals surface area contributed by atoms with E-state index in [2.05, 4.69) is 15.6 Å². The van der Waals surface area contributed by atoms with Crippen molar-refractivity contribution in [1.82, 2.24) is 10.3 Å². The molecule has 144 valence electrons. The molecule has 3 amide bonds. The molecular formula is C20H19ClN4O3. The van der Waals surface area contributed by atoms with Gasteiger partial charge in [0.05, 0.1) is 11.2 Å². The number of hydrogen-bond donors (Lipinski definition) is 3. The highest BCUT2D eigenvalue weighted by atomic mass is 35.5. The van der Waals surface area contributed by atoms with E-state index in [0.717, 1.165) is 11.1 Å². The van der Waals surface area contributed by atoms with Crippen molar-refractivity contribution in [1.29, 1.82) is 0 Å². The van der Waals surface area contributed by atoms with Crippen LogP contribution in [0.15, 0.2) is 59.1 Å². The lowest BCUT2D eigenvalue weighted by atomic mass is 10.2. The number of nitrogens with zero attached hydrogens (tertiary/aromatic N) is 1. The second kappa shape index (κ2) is 9.05. The largest absolute Gasteiger partial charge is 0.441 e. The van der Waals surface area contributed by atoms with E-state index in [1.807, 2.05) is 18.2 Å². The Morgan fingerprint density at radius 2 is 1.86 bits per heavy atom. The number of oxazole rings is 1. The SMILES string of the molecule is NC(=O)Nc1ccc(CNC(=O)CCc2ncc(-c3ccccc3Cl)o2)cc1. The van der Waals surface area contributed by atoms with Crippen molar-refractivity contribution >= 4 is 29.2 Å². The molecule has 0 aliphatic rings. The Balaban J connectivity index is 1.47. The van der Waals surface area contributed by atoms with Gasteiger partial charge >= 0.3 is 6.03 Å². The monoisotopic (exact) mass is 398 g/mol. The predicted octanol–water partition coefficient (Wildman–Crippen LogP) is 3.73. The minimum atomic E-state index is -0.620. The number of rotatable bonds is 7. The standard InChI is InChI=1S/C20H19ClN4O3/c21-16-4-2-1-3-15(16)17-12-24-19(28-17)10-9-18(26)23-11-13-5-7-14(8-6-13)25-20(22)27/h1-8,12H,9-11H2,(H,23,26)(H3,22,25,27). The molecule has 3 aromatic rings. The van der Waals surface area contributed by atoms with Crippen LogP contribution in [0.25, 0.3) is 11.3 Å². The van der Waals surface area contributed by atoms with E-state index in [9.17, 15) is 9.59 Å². The highest BCUT2D eigenvalue weighted by molar-refractivity contribution is 6.33. The van der Waals surface area contributed by atoms with Crippen LogP contribution in [0.3, 0.4) is 0 Å². The van der Waals surface area contributed by atoms with Gasteiger partial charge in [0.1, 0.15) is 0 Å². The quantitative estimate of drug-likeness (QED) is 0.563. The first-order chi connectivity index (χ1) is 13.5. The number of carbonyl (C=O) groups excluding carboxylic acids is 2.